The molecule has 0 spiro atoms. The van der Waals surface area contributed by atoms with Crippen molar-refractivity contribution in [2.75, 3.05) is 18.0 Å². The minimum Gasteiger partial charge on any atom is -0.389 e. The SMILES string of the molecule is Cc1cc(N2CC(C)(C)OC(C)(C)C2)c([C@H](C)O)cc1F. The van der Waals surface area contributed by atoms with Crippen LogP contribution in [0.3, 0.4) is 0 Å². The van der Waals surface area contributed by atoms with Gasteiger partial charge in [0.2, 0.25) is 0 Å². The van der Waals surface area contributed by atoms with Crippen LogP contribution in [-0.4, -0.2) is 29.4 Å². The van der Waals surface area contributed by atoms with Crippen LogP contribution in [0, 0.1) is 12.7 Å². The number of nitrogens with zero attached hydrogens (tertiary/aromatic N) is 1. The molecule has 2 rings (SSSR count). The second kappa shape index (κ2) is 5.25. The Balaban J connectivity index is 2.47. The Morgan fingerprint density at radius 3 is 2.19 bits per heavy atom. The first-order valence-corrected chi connectivity index (χ1v) is 7.44. The zero-order chi connectivity index (χ0) is 16.0. The van der Waals surface area contributed by atoms with Crippen LogP contribution in [0.1, 0.15) is 51.8 Å². The van der Waals surface area contributed by atoms with Crippen molar-refractivity contribution in [2.24, 2.45) is 0 Å². The normalized spacial score (nSPS) is 22.2. The molecule has 1 aromatic carbocycles. The van der Waals surface area contributed by atoms with Crippen LogP contribution in [0.2, 0.25) is 0 Å². The number of halogens is 1. The topological polar surface area (TPSA) is 32.7 Å². The highest BCUT2D eigenvalue weighted by molar-refractivity contribution is 5.57. The molecule has 0 saturated carbocycles. The quantitative estimate of drug-likeness (QED) is 0.905. The molecule has 3 nitrogen and oxygen atoms in total. The fourth-order valence-corrected chi connectivity index (χ4v) is 3.25. The second-order valence-corrected chi connectivity index (χ2v) is 7.31. The molecular formula is C17H26FNO2. The van der Waals surface area contributed by atoms with E-state index >= 15 is 0 Å². The molecule has 0 aromatic heterocycles. The van der Waals surface area contributed by atoms with E-state index in [-0.39, 0.29) is 17.0 Å². The number of aryl methyl sites for hydroxylation is 1. The largest absolute Gasteiger partial charge is 0.389 e. The molecule has 0 bridgehead atoms. The van der Waals surface area contributed by atoms with Gasteiger partial charge in [-0.3, -0.25) is 0 Å². The lowest BCUT2D eigenvalue weighted by molar-refractivity contribution is -0.133. The lowest BCUT2D eigenvalue weighted by Crippen LogP contribution is -2.57. The van der Waals surface area contributed by atoms with Crippen molar-refractivity contribution in [3.05, 3.63) is 29.1 Å². The van der Waals surface area contributed by atoms with Crippen LogP contribution in [-0.2, 0) is 4.74 Å². The van der Waals surface area contributed by atoms with Gasteiger partial charge in [-0.1, -0.05) is 0 Å². The number of morpholine rings is 1. The Kier molecular flexibility index (Phi) is 4.06. The molecule has 1 aliphatic heterocycles. The fourth-order valence-electron chi connectivity index (χ4n) is 3.25. The summed E-state index contributed by atoms with van der Waals surface area (Å²) in [5, 5.41) is 9.99. The third-order valence-electron chi connectivity index (χ3n) is 3.79. The van der Waals surface area contributed by atoms with Crippen molar-refractivity contribution in [3.8, 4) is 0 Å². The van der Waals surface area contributed by atoms with Gasteiger partial charge in [0.25, 0.3) is 0 Å². The summed E-state index contributed by atoms with van der Waals surface area (Å²) in [6.07, 6.45) is -0.704. The zero-order valence-corrected chi connectivity index (χ0v) is 13.8. The molecule has 4 heteroatoms. The average molecular weight is 295 g/mol. The van der Waals surface area contributed by atoms with Crippen LogP contribution < -0.4 is 4.90 Å². The zero-order valence-electron chi connectivity index (χ0n) is 13.8. The van der Waals surface area contributed by atoms with Gasteiger partial charge in [0, 0.05) is 24.3 Å². The van der Waals surface area contributed by atoms with Gasteiger partial charge in [-0.05, 0) is 59.2 Å². The third kappa shape index (κ3) is 3.55. The van der Waals surface area contributed by atoms with Crippen molar-refractivity contribution in [1.29, 1.82) is 0 Å². The van der Waals surface area contributed by atoms with E-state index in [1.54, 1.807) is 13.8 Å². The van der Waals surface area contributed by atoms with E-state index in [0.29, 0.717) is 24.2 Å². The maximum absolute atomic E-state index is 13.8. The molecule has 118 valence electrons. The number of hydrogen-bond donors (Lipinski definition) is 1. The first kappa shape index (κ1) is 16.2. The Morgan fingerprint density at radius 1 is 1.19 bits per heavy atom. The van der Waals surface area contributed by atoms with Crippen molar-refractivity contribution in [2.45, 2.75) is 58.8 Å². The van der Waals surface area contributed by atoms with E-state index in [4.69, 9.17) is 4.74 Å². The van der Waals surface area contributed by atoms with Crippen LogP contribution in [0.15, 0.2) is 12.1 Å². The van der Waals surface area contributed by atoms with E-state index in [9.17, 15) is 9.50 Å². The lowest BCUT2D eigenvalue weighted by Gasteiger charge is -2.48. The van der Waals surface area contributed by atoms with Gasteiger partial charge in [-0.2, -0.15) is 0 Å². The summed E-state index contributed by atoms with van der Waals surface area (Å²) < 4.78 is 19.9. The summed E-state index contributed by atoms with van der Waals surface area (Å²) in [6, 6.07) is 3.28. The highest BCUT2D eigenvalue weighted by Gasteiger charge is 2.39. The maximum Gasteiger partial charge on any atom is 0.126 e. The van der Waals surface area contributed by atoms with Gasteiger partial charge in [0.05, 0.1) is 17.3 Å². The Labute approximate surface area is 126 Å². The van der Waals surface area contributed by atoms with Crippen molar-refractivity contribution in [1.82, 2.24) is 0 Å². The molecule has 1 N–H and O–H groups in total. The number of aliphatic hydroxyl groups excluding tert-OH is 1. The molecule has 1 aromatic rings. The number of hydrogen-bond acceptors (Lipinski definition) is 3. The van der Waals surface area contributed by atoms with Crippen LogP contribution >= 0.6 is 0 Å². The standard InChI is InChI=1S/C17H26FNO2/c1-11-7-15(13(12(2)20)8-14(11)18)19-9-16(3,4)21-17(5,6)10-19/h7-8,12,20H,9-10H2,1-6H3/t12-/m0/s1. The van der Waals surface area contributed by atoms with Gasteiger partial charge < -0.3 is 14.7 Å². The summed E-state index contributed by atoms with van der Waals surface area (Å²) in [5.74, 6) is -0.276. The maximum atomic E-state index is 13.8. The van der Waals surface area contributed by atoms with E-state index in [2.05, 4.69) is 32.6 Å². The smallest absolute Gasteiger partial charge is 0.126 e. The summed E-state index contributed by atoms with van der Waals surface area (Å²) in [6.45, 7) is 13.1. The third-order valence-corrected chi connectivity index (χ3v) is 3.79. The van der Waals surface area contributed by atoms with E-state index in [1.807, 2.05) is 6.07 Å². The number of benzene rings is 1. The molecule has 0 amide bonds. The Morgan fingerprint density at radius 2 is 1.71 bits per heavy atom. The Hall–Kier alpha value is -1.13. The molecule has 1 saturated heterocycles. The molecular weight excluding hydrogens is 269 g/mol. The number of ether oxygens (including phenoxy) is 1. The van der Waals surface area contributed by atoms with Crippen LogP contribution in [0.25, 0.3) is 0 Å². The molecule has 1 atom stereocenters. The van der Waals surface area contributed by atoms with Gasteiger partial charge >= 0.3 is 0 Å². The number of anilines is 1. The lowest BCUT2D eigenvalue weighted by atomic mass is 9.96. The summed E-state index contributed by atoms with van der Waals surface area (Å²) in [5.41, 5.74) is 1.54. The molecule has 21 heavy (non-hydrogen) atoms. The van der Waals surface area contributed by atoms with Crippen LogP contribution in [0.4, 0.5) is 10.1 Å². The minimum absolute atomic E-state index is 0.276. The first-order chi connectivity index (χ1) is 9.51. The van der Waals surface area contributed by atoms with Crippen molar-refractivity contribution < 1.29 is 14.2 Å². The summed E-state index contributed by atoms with van der Waals surface area (Å²) >= 11 is 0. The molecule has 0 radical (unpaired) electrons. The highest BCUT2D eigenvalue weighted by atomic mass is 19.1. The predicted octanol–water partition coefficient (Wildman–Crippen LogP) is 3.58. The number of aliphatic hydroxyl groups is 1. The summed E-state index contributed by atoms with van der Waals surface area (Å²) in [7, 11) is 0. The molecule has 0 aliphatic carbocycles. The average Bonchev–Trinajstić information content (AvgIpc) is 2.27. The van der Waals surface area contributed by atoms with Gasteiger partial charge in [-0.15, -0.1) is 0 Å². The highest BCUT2D eigenvalue weighted by Crippen LogP contribution is 2.36. The van der Waals surface area contributed by atoms with Gasteiger partial charge in [0.1, 0.15) is 5.82 Å². The van der Waals surface area contributed by atoms with Crippen molar-refractivity contribution >= 4 is 5.69 Å². The molecule has 0 unspecified atom stereocenters. The monoisotopic (exact) mass is 295 g/mol. The molecule has 1 fully saturated rings. The van der Waals surface area contributed by atoms with Gasteiger partial charge in [-0.25, -0.2) is 4.39 Å². The minimum atomic E-state index is -0.704. The second-order valence-electron chi connectivity index (χ2n) is 7.31. The fraction of sp³-hybridized carbons (Fsp3) is 0.647. The molecule has 1 aliphatic rings. The van der Waals surface area contributed by atoms with Crippen LogP contribution in [0.5, 0.6) is 0 Å². The van der Waals surface area contributed by atoms with Gasteiger partial charge in [0.15, 0.2) is 0 Å². The van der Waals surface area contributed by atoms with E-state index < -0.39 is 6.10 Å². The van der Waals surface area contributed by atoms with Crippen molar-refractivity contribution in [3.63, 3.8) is 0 Å². The first-order valence-electron chi connectivity index (χ1n) is 7.44. The number of rotatable bonds is 2. The molecule has 1 heterocycles. The predicted molar refractivity (Wildman–Crippen MR) is 83.2 cm³/mol. The van der Waals surface area contributed by atoms with E-state index in [1.165, 1.54) is 6.07 Å². The Bertz CT molecular complexity index is 522. The summed E-state index contributed by atoms with van der Waals surface area (Å²) in [4.78, 5) is 2.19. The van der Waals surface area contributed by atoms with E-state index in [0.717, 1.165) is 5.69 Å².